The van der Waals surface area contributed by atoms with Crippen LogP contribution in [-0.2, 0) is 31.3 Å². The van der Waals surface area contributed by atoms with E-state index in [1.807, 2.05) is 31.2 Å². The summed E-state index contributed by atoms with van der Waals surface area (Å²) < 4.78 is 67.6. The van der Waals surface area contributed by atoms with Crippen molar-refractivity contribution in [3.8, 4) is 5.75 Å². The second-order valence-electron chi connectivity index (χ2n) is 9.57. The topological polar surface area (TPSA) is 93.2 Å². The normalized spacial score (nSPS) is 20.1. The third kappa shape index (κ3) is 6.28. The SMILES string of the molecule is CCOc1ccc(CN(CC2CCCO2)S(=O)(=O)c2ccc(S(=O)(=O)N3CCC(C)CC3)cc2)cc1. The molecule has 0 saturated carbocycles. The van der Waals surface area contributed by atoms with Crippen LogP contribution in [0.4, 0.5) is 0 Å². The highest BCUT2D eigenvalue weighted by Gasteiger charge is 2.31. The highest BCUT2D eigenvalue weighted by atomic mass is 32.2. The van der Waals surface area contributed by atoms with E-state index in [4.69, 9.17) is 9.47 Å². The molecule has 0 aliphatic carbocycles. The smallest absolute Gasteiger partial charge is 0.243 e. The fraction of sp³-hybridized carbons (Fsp3) is 0.538. The van der Waals surface area contributed by atoms with Gasteiger partial charge in [0.25, 0.3) is 0 Å². The van der Waals surface area contributed by atoms with Crippen LogP contribution >= 0.6 is 0 Å². The molecule has 2 fully saturated rings. The number of benzene rings is 2. The van der Waals surface area contributed by atoms with Crippen LogP contribution in [0.5, 0.6) is 5.75 Å². The fourth-order valence-corrected chi connectivity index (χ4v) is 7.56. The average molecular weight is 537 g/mol. The highest BCUT2D eigenvalue weighted by molar-refractivity contribution is 7.89. The van der Waals surface area contributed by atoms with Crippen molar-refractivity contribution in [3.05, 3.63) is 54.1 Å². The standard InChI is InChI=1S/C26H36N2O6S2/c1-3-33-23-8-6-22(7-9-23)19-28(20-24-5-4-18-34-24)36(31,32)26-12-10-25(11-13-26)35(29,30)27-16-14-21(2)15-17-27/h6-13,21,24H,3-5,14-20H2,1-2H3. The molecule has 0 bridgehead atoms. The van der Waals surface area contributed by atoms with Gasteiger partial charge in [-0.15, -0.1) is 0 Å². The monoisotopic (exact) mass is 536 g/mol. The van der Waals surface area contributed by atoms with Crippen LogP contribution in [0, 0.1) is 5.92 Å². The van der Waals surface area contributed by atoms with Gasteiger partial charge in [-0.25, -0.2) is 16.8 Å². The average Bonchev–Trinajstić information content (AvgIpc) is 3.38. The van der Waals surface area contributed by atoms with Crippen molar-refractivity contribution in [2.24, 2.45) is 5.92 Å². The van der Waals surface area contributed by atoms with E-state index in [2.05, 4.69) is 6.92 Å². The van der Waals surface area contributed by atoms with Crippen molar-refractivity contribution >= 4 is 20.0 Å². The summed E-state index contributed by atoms with van der Waals surface area (Å²) in [6, 6.07) is 13.0. The van der Waals surface area contributed by atoms with E-state index in [0.717, 1.165) is 37.0 Å². The second kappa shape index (κ2) is 11.6. The first-order valence-electron chi connectivity index (χ1n) is 12.6. The Balaban J connectivity index is 1.55. The van der Waals surface area contributed by atoms with E-state index in [-0.39, 0.29) is 29.0 Å². The number of hydrogen-bond acceptors (Lipinski definition) is 6. The molecule has 0 N–H and O–H groups in total. The van der Waals surface area contributed by atoms with Gasteiger partial charge >= 0.3 is 0 Å². The Morgan fingerprint density at radius 1 is 0.944 bits per heavy atom. The third-order valence-corrected chi connectivity index (χ3v) is 10.6. The van der Waals surface area contributed by atoms with Crippen LogP contribution in [0.3, 0.4) is 0 Å². The summed E-state index contributed by atoms with van der Waals surface area (Å²) in [7, 11) is -7.54. The molecule has 2 aliphatic rings. The number of nitrogens with zero attached hydrogens (tertiary/aromatic N) is 2. The number of sulfonamides is 2. The van der Waals surface area contributed by atoms with Crippen molar-refractivity contribution in [3.63, 3.8) is 0 Å². The van der Waals surface area contributed by atoms with Gasteiger partial charge < -0.3 is 9.47 Å². The first kappa shape index (κ1) is 27.1. The van der Waals surface area contributed by atoms with E-state index in [1.165, 1.54) is 32.9 Å². The zero-order chi connectivity index (χ0) is 25.8. The molecule has 0 amide bonds. The molecule has 8 nitrogen and oxygen atoms in total. The number of hydrogen-bond donors (Lipinski definition) is 0. The molecular weight excluding hydrogens is 500 g/mol. The Bertz CT molecular complexity index is 1200. The molecule has 198 valence electrons. The molecule has 2 aromatic rings. The Labute approximate surface area is 215 Å². The van der Waals surface area contributed by atoms with Gasteiger partial charge in [0.2, 0.25) is 20.0 Å². The predicted molar refractivity (Wildman–Crippen MR) is 138 cm³/mol. The van der Waals surface area contributed by atoms with E-state index >= 15 is 0 Å². The van der Waals surface area contributed by atoms with Gasteiger partial charge in [0.1, 0.15) is 5.75 Å². The Morgan fingerprint density at radius 3 is 2.17 bits per heavy atom. The molecule has 10 heteroatoms. The van der Waals surface area contributed by atoms with Crippen LogP contribution in [0.15, 0.2) is 58.3 Å². The van der Waals surface area contributed by atoms with Crippen LogP contribution in [0.2, 0.25) is 0 Å². The van der Waals surface area contributed by atoms with E-state index in [1.54, 1.807) is 0 Å². The van der Waals surface area contributed by atoms with Crippen molar-refractivity contribution in [1.29, 1.82) is 0 Å². The third-order valence-electron chi connectivity index (χ3n) is 6.87. The lowest BCUT2D eigenvalue weighted by atomic mass is 10.0. The molecule has 1 unspecified atom stereocenters. The molecule has 2 aliphatic heterocycles. The van der Waals surface area contributed by atoms with Gasteiger partial charge in [-0.2, -0.15) is 8.61 Å². The maximum atomic E-state index is 13.7. The van der Waals surface area contributed by atoms with Crippen LogP contribution in [0.25, 0.3) is 0 Å². The Hall–Kier alpha value is -1.98. The van der Waals surface area contributed by atoms with Crippen LogP contribution in [-0.4, -0.2) is 64.4 Å². The summed E-state index contributed by atoms with van der Waals surface area (Å²) in [5.74, 6) is 1.24. The van der Waals surface area contributed by atoms with Gasteiger partial charge in [0.05, 0.1) is 22.5 Å². The quantitative estimate of drug-likeness (QED) is 0.458. The van der Waals surface area contributed by atoms with Crippen molar-refractivity contribution < 1.29 is 26.3 Å². The molecule has 2 aromatic carbocycles. The Kier molecular flexibility index (Phi) is 8.72. The van der Waals surface area contributed by atoms with Gasteiger partial charge in [0.15, 0.2) is 0 Å². The predicted octanol–water partition coefficient (Wildman–Crippen LogP) is 3.88. The maximum Gasteiger partial charge on any atom is 0.243 e. The molecule has 2 saturated heterocycles. The van der Waals surface area contributed by atoms with E-state index < -0.39 is 20.0 Å². The first-order valence-corrected chi connectivity index (χ1v) is 15.5. The zero-order valence-corrected chi connectivity index (χ0v) is 22.6. The minimum atomic E-state index is -3.89. The minimum Gasteiger partial charge on any atom is -0.494 e. The summed E-state index contributed by atoms with van der Waals surface area (Å²) in [4.78, 5) is 0.186. The Morgan fingerprint density at radius 2 is 1.58 bits per heavy atom. The molecule has 36 heavy (non-hydrogen) atoms. The fourth-order valence-electron chi connectivity index (χ4n) is 4.63. The first-order chi connectivity index (χ1) is 17.2. The largest absolute Gasteiger partial charge is 0.494 e. The molecular formula is C26H36N2O6S2. The van der Waals surface area contributed by atoms with Gasteiger partial charge in [-0.3, -0.25) is 0 Å². The molecule has 4 rings (SSSR count). The number of piperidine rings is 1. The number of rotatable bonds is 10. The minimum absolute atomic E-state index is 0.0673. The summed E-state index contributed by atoms with van der Waals surface area (Å²) >= 11 is 0. The van der Waals surface area contributed by atoms with E-state index in [9.17, 15) is 16.8 Å². The van der Waals surface area contributed by atoms with Gasteiger partial charge in [-0.05, 0) is 80.5 Å². The lowest BCUT2D eigenvalue weighted by Crippen LogP contribution is -2.38. The summed E-state index contributed by atoms with van der Waals surface area (Å²) in [5.41, 5.74) is 0.832. The second-order valence-corrected chi connectivity index (χ2v) is 13.4. The summed E-state index contributed by atoms with van der Waals surface area (Å²) in [6.07, 6.45) is 3.21. The lowest BCUT2D eigenvalue weighted by molar-refractivity contribution is 0.0926. The molecule has 1 atom stereocenters. The van der Waals surface area contributed by atoms with Crippen molar-refractivity contribution in [1.82, 2.24) is 8.61 Å². The molecule has 2 heterocycles. The number of ether oxygens (including phenoxy) is 2. The maximum absolute atomic E-state index is 13.7. The van der Waals surface area contributed by atoms with Crippen LogP contribution in [0.1, 0.15) is 45.1 Å². The molecule has 0 aromatic heterocycles. The van der Waals surface area contributed by atoms with Crippen molar-refractivity contribution in [2.45, 2.75) is 62.0 Å². The van der Waals surface area contributed by atoms with Crippen molar-refractivity contribution in [2.75, 3.05) is 32.8 Å². The van der Waals surface area contributed by atoms with E-state index in [0.29, 0.717) is 32.2 Å². The molecule has 0 radical (unpaired) electrons. The van der Waals surface area contributed by atoms with Gasteiger partial charge in [-0.1, -0.05) is 19.1 Å². The summed E-state index contributed by atoms with van der Waals surface area (Å²) in [6.45, 7) is 6.61. The van der Waals surface area contributed by atoms with Crippen LogP contribution < -0.4 is 4.74 Å². The highest BCUT2D eigenvalue weighted by Crippen LogP contribution is 2.27. The zero-order valence-electron chi connectivity index (χ0n) is 21.0. The molecule has 0 spiro atoms. The summed E-state index contributed by atoms with van der Waals surface area (Å²) in [5, 5.41) is 0. The lowest BCUT2D eigenvalue weighted by Gasteiger charge is -2.29. The van der Waals surface area contributed by atoms with Gasteiger partial charge in [0, 0.05) is 32.8 Å².